The molecule has 152 valence electrons. The highest BCUT2D eigenvalue weighted by Gasteiger charge is 2.34. The number of anilines is 1. The van der Waals surface area contributed by atoms with Gasteiger partial charge in [0.1, 0.15) is 5.70 Å². The third-order valence-corrected chi connectivity index (χ3v) is 5.44. The Morgan fingerprint density at radius 3 is 2.72 bits per heavy atom. The van der Waals surface area contributed by atoms with Crippen molar-refractivity contribution in [2.75, 3.05) is 37.9 Å². The molecule has 0 radical (unpaired) electrons. The molecule has 1 aromatic heterocycles. The molecule has 0 saturated heterocycles. The molecule has 1 aliphatic rings. The largest absolute Gasteiger partial charge is 0.466 e. The van der Waals surface area contributed by atoms with Crippen LogP contribution in [0.2, 0.25) is 0 Å². The lowest BCUT2D eigenvalue weighted by Gasteiger charge is -2.15. The molecule has 3 rings (SSSR count). The van der Waals surface area contributed by atoms with Gasteiger partial charge in [-0.3, -0.25) is 9.78 Å². The standard InChI is InChI=1S/C21H23N3O4S/c1-28-21(27)18-14-24(11-12-25)20(26)19(18)23-16-5-7-17(8-6-16)29-13-9-15-4-2-3-10-22-15/h2-8,10,23,25H,9,11-14H2,1H3. The Morgan fingerprint density at radius 1 is 1.28 bits per heavy atom. The van der Waals surface area contributed by atoms with E-state index in [9.17, 15) is 9.59 Å². The van der Waals surface area contributed by atoms with Gasteiger partial charge >= 0.3 is 5.97 Å². The Bertz CT molecular complexity index is 885. The number of rotatable bonds is 9. The van der Waals surface area contributed by atoms with Crippen LogP contribution >= 0.6 is 11.8 Å². The average molecular weight is 413 g/mol. The Hall–Kier alpha value is -2.84. The quantitative estimate of drug-likeness (QED) is 0.480. The Kier molecular flexibility index (Phi) is 7.26. The van der Waals surface area contributed by atoms with E-state index in [4.69, 9.17) is 9.84 Å². The van der Waals surface area contributed by atoms with E-state index in [0.29, 0.717) is 5.69 Å². The van der Waals surface area contributed by atoms with Gasteiger partial charge in [0.25, 0.3) is 5.91 Å². The van der Waals surface area contributed by atoms with Crippen molar-refractivity contribution in [1.82, 2.24) is 9.88 Å². The maximum absolute atomic E-state index is 12.6. The zero-order chi connectivity index (χ0) is 20.6. The molecule has 2 heterocycles. The first-order valence-corrected chi connectivity index (χ1v) is 10.2. The second-order valence-electron chi connectivity index (χ2n) is 6.36. The van der Waals surface area contributed by atoms with Crippen LogP contribution in [0.15, 0.2) is 64.8 Å². The number of aliphatic hydroxyl groups excluding tert-OH is 1. The van der Waals surface area contributed by atoms with Gasteiger partial charge in [-0.15, -0.1) is 11.8 Å². The molecular weight excluding hydrogens is 390 g/mol. The third-order valence-electron chi connectivity index (χ3n) is 4.43. The number of amides is 1. The smallest absolute Gasteiger partial charge is 0.337 e. The summed E-state index contributed by atoms with van der Waals surface area (Å²) in [4.78, 5) is 31.4. The van der Waals surface area contributed by atoms with Crippen LogP contribution in [0.4, 0.5) is 5.69 Å². The van der Waals surface area contributed by atoms with Crippen LogP contribution < -0.4 is 5.32 Å². The molecule has 0 aliphatic carbocycles. The summed E-state index contributed by atoms with van der Waals surface area (Å²) in [6, 6.07) is 13.6. The summed E-state index contributed by atoms with van der Waals surface area (Å²) in [7, 11) is 1.28. The number of benzene rings is 1. The molecule has 2 aromatic rings. The third kappa shape index (κ3) is 5.36. The van der Waals surface area contributed by atoms with Crippen molar-refractivity contribution in [3.05, 3.63) is 65.6 Å². The number of hydrogen-bond acceptors (Lipinski definition) is 7. The van der Waals surface area contributed by atoms with Gasteiger partial charge in [0.2, 0.25) is 0 Å². The number of nitrogens with one attached hydrogen (secondary N) is 1. The van der Waals surface area contributed by atoms with Crippen molar-refractivity contribution in [2.24, 2.45) is 0 Å². The van der Waals surface area contributed by atoms with Crippen LogP contribution in [-0.2, 0) is 20.7 Å². The second kappa shape index (κ2) is 10.1. The number of carbonyl (C=O) groups is 2. The van der Waals surface area contributed by atoms with Crippen molar-refractivity contribution >= 4 is 29.3 Å². The summed E-state index contributed by atoms with van der Waals surface area (Å²) in [6.45, 7) is 0.115. The fourth-order valence-electron chi connectivity index (χ4n) is 2.95. The number of aliphatic hydroxyl groups is 1. The van der Waals surface area contributed by atoms with E-state index in [1.54, 1.807) is 18.0 Å². The fourth-order valence-corrected chi connectivity index (χ4v) is 3.82. The van der Waals surface area contributed by atoms with Gasteiger partial charge in [-0.2, -0.15) is 0 Å². The molecule has 0 saturated carbocycles. The van der Waals surface area contributed by atoms with Gasteiger partial charge in [-0.1, -0.05) is 6.07 Å². The number of aryl methyl sites for hydroxylation is 1. The zero-order valence-corrected chi connectivity index (χ0v) is 16.9. The highest BCUT2D eigenvalue weighted by atomic mass is 32.2. The van der Waals surface area contributed by atoms with Gasteiger partial charge < -0.3 is 20.1 Å². The summed E-state index contributed by atoms with van der Waals surface area (Å²) < 4.78 is 4.79. The first-order chi connectivity index (χ1) is 14.1. The minimum absolute atomic E-state index is 0.121. The monoisotopic (exact) mass is 413 g/mol. The predicted molar refractivity (Wildman–Crippen MR) is 111 cm³/mol. The maximum Gasteiger partial charge on any atom is 0.337 e. The molecule has 0 bridgehead atoms. The molecular formula is C21H23N3O4S. The van der Waals surface area contributed by atoms with Gasteiger partial charge in [0.15, 0.2) is 0 Å². The lowest BCUT2D eigenvalue weighted by atomic mass is 10.2. The van der Waals surface area contributed by atoms with Crippen molar-refractivity contribution in [3.8, 4) is 0 Å². The predicted octanol–water partition coefficient (Wildman–Crippen LogP) is 2.09. The molecule has 8 heteroatoms. The van der Waals surface area contributed by atoms with Crippen molar-refractivity contribution in [2.45, 2.75) is 11.3 Å². The summed E-state index contributed by atoms with van der Waals surface area (Å²) in [5, 5.41) is 12.2. The first kappa shape index (κ1) is 20.9. The maximum atomic E-state index is 12.6. The lowest BCUT2D eigenvalue weighted by molar-refractivity contribution is -0.136. The fraction of sp³-hybridized carbons (Fsp3) is 0.286. The number of hydrogen-bond donors (Lipinski definition) is 2. The first-order valence-electron chi connectivity index (χ1n) is 9.23. The highest BCUT2D eigenvalue weighted by molar-refractivity contribution is 7.99. The molecule has 29 heavy (non-hydrogen) atoms. The van der Waals surface area contributed by atoms with E-state index < -0.39 is 5.97 Å². The Balaban J connectivity index is 1.63. The molecule has 1 aliphatic heterocycles. The van der Waals surface area contributed by atoms with Crippen LogP contribution in [0.3, 0.4) is 0 Å². The van der Waals surface area contributed by atoms with Crippen LogP contribution in [-0.4, -0.2) is 59.4 Å². The molecule has 0 unspecified atom stereocenters. The summed E-state index contributed by atoms with van der Waals surface area (Å²) in [5.41, 5.74) is 2.23. The van der Waals surface area contributed by atoms with Crippen molar-refractivity contribution < 1.29 is 19.4 Å². The summed E-state index contributed by atoms with van der Waals surface area (Å²) in [5.74, 6) is 0.0343. The Labute approximate surface area is 173 Å². The van der Waals surface area contributed by atoms with Gasteiger partial charge in [0, 0.05) is 34.8 Å². The van der Waals surface area contributed by atoms with Crippen molar-refractivity contribution in [1.29, 1.82) is 0 Å². The number of β-amino-alcohol motifs (C(OH)–C–C–N with tert-alkyl or cyclic N) is 1. The normalized spacial score (nSPS) is 13.7. The molecule has 0 atom stereocenters. The van der Waals surface area contributed by atoms with Crippen molar-refractivity contribution in [3.63, 3.8) is 0 Å². The minimum Gasteiger partial charge on any atom is -0.466 e. The number of methoxy groups -OCH3 is 1. The summed E-state index contributed by atoms with van der Waals surface area (Å²) >= 11 is 1.73. The van der Waals surface area contributed by atoms with Crippen LogP contribution in [0.1, 0.15) is 5.69 Å². The van der Waals surface area contributed by atoms with E-state index in [1.165, 1.54) is 12.0 Å². The number of thioether (sulfide) groups is 1. The van der Waals surface area contributed by atoms with Crippen LogP contribution in [0, 0.1) is 0 Å². The number of esters is 1. The van der Waals surface area contributed by atoms with Gasteiger partial charge in [-0.25, -0.2) is 4.79 Å². The SMILES string of the molecule is COC(=O)C1=C(Nc2ccc(SCCc3ccccn3)cc2)C(=O)N(CCO)C1. The number of ether oxygens (including phenoxy) is 1. The topological polar surface area (TPSA) is 91.8 Å². The highest BCUT2D eigenvalue weighted by Crippen LogP contribution is 2.25. The second-order valence-corrected chi connectivity index (χ2v) is 7.53. The average Bonchev–Trinajstić information content (AvgIpc) is 3.05. The summed E-state index contributed by atoms with van der Waals surface area (Å²) in [6.07, 6.45) is 2.68. The number of nitrogens with zero attached hydrogens (tertiary/aromatic N) is 2. The molecule has 0 fully saturated rings. The van der Waals surface area contributed by atoms with Crippen LogP contribution in [0.25, 0.3) is 0 Å². The van der Waals surface area contributed by atoms with Gasteiger partial charge in [0.05, 0.1) is 25.8 Å². The molecule has 1 aromatic carbocycles. The zero-order valence-electron chi connectivity index (χ0n) is 16.1. The van der Waals surface area contributed by atoms with E-state index in [2.05, 4.69) is 10.3 Å². The number of aromatic nitrogens is 1. The van der Waals surface area contributed by atoms with Gasteiger partial charge in [-0.05, 0) is 42.8 Å². The van der Waals surface area contributed by atoms with E-state index in [0.717, 1.165) is 22.8 Å². The Morgan fingerprint density at radius 2 is 2.07 bits per heavy atom. The van der Waals surface area contributed by atoms with Crippen LogP contribution in [0.5, 0.6) is 0 Å². The number of pyridine rings is 1. The minimum atomic E-state index is -0.553. The molecule has 0 spiro atoms. The lowest BCUT2D eigenvalue weighted by Crippen LogP contribution is -2.31. The molecule has 7 nitrogen and oxygen atoms in total. The molecule has 2 N–H and O–H groups in total. The van der Waals surface area contributed by atoms with E-state index >= 15 is 0 Å². The van der Waals surface area contributed by atoms with E-state index in [1.807, 2.05) is 42.5 Å². The number of carbonyl (C=O) groups excluding carboxylic acids is 2. The molecule has 1 amide bonds. The van der Waals surface area contributed by atoms with E-state index in [-0.39, 0.29) is 36.9 Å².